The number of nitrogens with zero attached hydrogens (tertiary/aromatic N) is 4. The Labute approximate surface area is 94.2 Å². The molecule has 1 aliphatic heterocycles. The van der Waals surface area contributed by atoms with Crippen LogP contribution in [0.4, 0.5) is 5.69 Å². The summed E-state index contributed by atoms with van der Waals surface area (Å²) < 4.78 is 0. The predicted molar refractivity (Wildman–Crippen MR) is 65.5 cm³/mol. The summed E-state index contributed by atoms with van der Waals surface area (Å²) in [5, 5.41) is 8.16. The van der Waals surface area contributed by atoms with Crippen molar-refractivity contribution in [3.63, 3.8) is 0 Å². The Hall–Kier alpha value is -2.10. The third kappa shape index (κ3) is 2.70. The first-order valence-corrected chi connectivity index (χ1v) is 5.06. The first kappa shape index (κ1) is 10.4. The molecule has 1 heterocycles. The second kappa shape index (κ2) is 5.11. The van der Waals surface area contributed by atoms with Crippen molar-refractivity contribution in [2.45, 2.75) is 12.6 Å². The van der Waals surface area contributed by atoms with E-state index in [9.17, 15) is 0 Å². The van der Waals surface area contributed by atoms with Crippen LogP contribution in [0.25, 0.3) is 0 Å². The Bertz CT molecular complexity index is 445. The molecule has 1 aromatic rings. The second-order valence-corrected chi connectivity index (χ2v) is 3.28. The van der Waals surface area contributed by atoms with Gasteiger partial charge in [-0.05, 0) is 12.1 Å². The molecule has 0 radical (unpaired) electrons. The first-order chi connectivity index (χ1) is 7.88. The van der Waals surface area contributed by atoms with Crippen LogP contribution < -0.4 is 0 Å². The quantitative estimate of drug-likeness (QED) is 0.543. The van der Waals surface area contributed by atoms with Crippen LogP contribution in [-0.2, 0) is 0 Å². The van der Waals surface area contributed by atoms with E-state index in [1.807, 2.05) is 30.3 Å². The van der Waals surface area contributed by atoms with Crippen LogP contribution in [0.3, 0.4) is 0 Å². The van der Waals surface area contributed by atoms with Crippen molar-refractivity contribution < 1.29 is 0 Å². The predicted octanol–water partition coefficient (Wildman–Crippen LogP) is 3.16. The maximum absolute atomic E-state index is 4.26. The molecule has 16 heavy (non-hydrogen) atoms. The van der Waals surface area contributed by atoms with E-state index in [-0.39, 0.29) is 6.17 Å². The highest BCUT2D eigenvalue weighted by Gasteiger charge is 2.09. The third-order valence-corrected chi connectivity index (χ3v) is 2.01. The Morgan fingerprint density at radius 2 is 2.12 bits per heavy atom. The lowest BCUT2D eigenvalue weighted by molar-refractivity contribution is 0.880. The molecule has 4 heteroatoms. The van der Waals surface area contributed by atoms with Gasteiger partial charge in [-0.3, -0.25) is 0 Å². The minimum Gasteiger partial charge on any atom is -0.241 e. The van der Waals surface area contributed by atoms with Crippen LogP contribution >= 0.6 is 0 Å². The van der Waals surface area contributed by atoms with Gasteiger partial charge >= 0.3 is 0 Å². The van der Waals surface area contributed by atoms with Gasteiger partial charge in [0.2, 0.25) is 0 Å². The fraction of sp³-hybridized carbons (Fsp3) is 0.167. The van der Waals surface area contributed by atoms with Crippen molar-refractivity contribution in [3.8, 4) is 0 Å². The summed E-state index contributed by atoms with van der Waals surface area (Å²) in [5.74, 6) is 0.756. The van der Waals surface area contributed by atoms with E-state index < -0.39 is 0 Å². The molecule has 1 aromatic carbocycles. The normalized spacial score (nSPS) is 19.0. The molecule has 0 bridgehead atoms. The molecule has 2 rings (SSSR count). The largest absolute Gasteiger partial charge is 0.241 e. The molecule has 1 unspecified atom stereocenters. The Morgan fingerprint density at radius 1 is 1.31 bits per heavy atom. The van der Waals surface area contributed by atoms with Crippen LogP contribution in [0.15, 0.2) is 63.2 Å². The zero-order valence-electron chi connectivity index (χ0n) is 8.82. The summed E-state index contributed by atoms with van der Waals surface area (Å²) in [7, 11) is 0. The summed E-state index contributed by atoms with van der Waals surface area (Å²) in [6, 6.07) is 9.57. The molecule has 0 spiro atoms. The topological polar surface area (TPSA) is 49.4 Å². The Balaban J connectivity index is 2.00. The van der Waals surface area contributed by atoms with Gasteiger partial charge in [0.05, 0.1) is 11.9 Å². The number of hydrogen-bond donors (Lipinski definition) is 0. The number of azo groups is 1. The fourth-order valence-electron chi connectivity index (χ4n) is 1.28. The summed E-state index contributed by atoms with van der Waals surface area (Å²) >= 11 is 0. The molecule has 0 saturated carbocycles. The van der Waals surface area contributed by atoms with Crippen molar-refractivity contribution in [2.24, 2.45) is 20.2 Å². The molecule has 0 aliphatic carbocycles. The average Bonchev–Trinajstić information content (AvgIpc) is 2.76. The van der Waals surface area contributed by atoms with Gasteiger partial charge in [0.1, 0.15) is 5.84 Å². The summed E-state index contributed by atoms with van der Waals surface area (Å²) in [6.45, 7) is 3.63. The van der Waals surface area contributed by atoms with Crippen molar-refractivity contribution >= 4 is 17.7 Å². The monoisotopic (exact) mass is 212 g/mol. The van der Waals surface area contributed by atoms with Crippen LogP contribution in [0, 0.1) is 0 Å². The number of hydrogen-bond acceptors (Lipinski definition) is 4. The van der Waals surface area contributed by atoms with Gasteiger partial charge in [-0.1, -0.05) is 24.3 Å². The second-order valence-electron chi connectivity index (χ2n) is 3.28. The van der Waals surface area contributed by atoms with Crippen molar-refractivity contribution in [1.29, 1.82) is 0 Å². The van der Waals surface area contributed by atoms with Crippen LogP contribution in [0.5, 0.6) is 0 Å². The van der Waals surface area contributed by atoms with Gasteiger partial charge in [0.25, 0.3) is 0 Å². The Morgan fingerprint density at radius 3 is 2.88 bits per heavy atom. The summed E-state index contributed by atoms with van der Waals surface area (Å²) in [4.78, 5) is 8.37. The lowest BCUT2D eigenvalue weighted by Gasteiger charge is -1.93. The maximum atomic E-state index is 4.26. The van der Waals surface area contributed by atoms with Crippen LogP contribution in [-0.4, -0.2) is 18.2 Å². The third-order valence-electron chi connectivity index (χ3n) is 2.01. The minimum atomic E-state index is -0.282. The number of aliphatic imine (C=N–C) groups is 2. The molecule has 0 amide bonds. The van der Waals surface area contributed by atoms with Crippen molar-refractivity contribution in [2.75, 3.05) is 0 Å². The van der Waals surface area contributed by atoms with Crippen LogP contribution in [0.1, 0.15) is 6.42 Å². The molecule has 1 atom stereocenters. The highest BCUT2D eigenvalue weighted by molar-refractivity contribution is 5.96. The molecule has 0 fully saturated rings. The molecule has 0 saturated heterocycles. The summed E-state index contributed by atoms with van der Waals surface area (Å²) in [6.07, 6.45) is 3.85. The number of amidine groups is 1. The molecular formula is C12H12N4. The molecule has 80 valence electrons. The highest BCUT2D eigenvalue weighted by Crippen LogP contribution is 2.12. The van der Waals surface area contributed by atoms with Gasteiger partial charge in [0, 0.05) is 6.42 Å². The zero-order chi connectivity index (χ0) is 11.2. The molecule has 0 aromatic heterocycles. The molecular weight excluding hydrogens is 200 g/mol. The lowest BCUT2D eigenvalue weighted by Crippen LogP contribution is -1.96. The van der Waals surface area contributed by atoms with E-state index in [1.54, 1.807) is 12.3 Å². The van der Waals surface area contributed by atoms with E-state index >= 15 is 0 Å². The van der Waals surface area contributed by atoms with E-state index in [1.165, 1.54) is 0 Å². The maximum Gasteiger partial charge on any atom is 0.198 e. The van der Waals surface area contributed by atoms with Crippen LogP contribution in [0.2, 0.25) is 0 Å². The smallest absolute Gasteiger partial charge is 0.198 e. The van der Waals surface area contributed by atoms with Gasteiger partial charge in [0.15, 0.2) is 6.17 Å². The van der Waals surface area contributed by atoms with E-state index in [0.29, 0.717) is 6.42 Å². The average molecular weight is 212 g/mol. The standard InChI is InChI=1S/C12H12N4/c1-2-6-11-13-9-12(14-11)16-15-10-7-4-3-5-8-10/h2-5,7-9,12H,1,6H2/b16-15+. The number of rotatable bonds is 4. The summed E-state index contributed by atoms with van der Waals surface area (Å²) in [5.41, 5.74) is 0.822. The van der Waals surface area contributed by atoms with Gasteiger partial charge < -0.3 is 0 Å². The van der Waals surface area contributed by atoms with E-state index in [2.05, 4.69) is 26.8 Å². The van der Waals surface area contributed by atoms with E-state index in [4.69, 9.17) is 0 Å². The van der Waals surface area contributed by atoms with Crippen molar-refractivity contribution in [3.05, 3.63) is 43.0 Å². The highest BCUT2D eigenvalue weighted by atomic mass is 15.2. The minimum absolute atomic E-state index is 0.282. The lowest BCUT2D eigenvalue weighted by atomic mass is 10.3. The molecule has 1 aliphatic rings. The van der Waals surface area contributed by atoms with E-state index in [0.717, 1.165) is 11.5 Å². The fourth-order valence-corrected chi connectivity index (χ4v) is 1.28. The zero-order valence-corrected chi connectivity index (χ0v) is 8.82. The van der Waals surface area contributed by atoms with Gasteiger partial charge in [-0.2, -0.15) is 10.2 Å². The SMILES string of the molecule is C=CCC1=NC(/N=N/c2ccccc2)C=N1. The van der Waals surface area contributed by atoms with Gasteiger partial charge in [-0.15, -0.1) is 6.58 Å². The molecule has 0 N–H and O–H groups in total. The first-order valence-electron chi connectivity index (χ1n) is 5.06. The number of benzene rings is 1. The van der Waals surface area contributed by atoms with Crippen molar-refractivity contribution in [1.82, 2.24) is 0 Å². The van der Waals surface area contributed by atoms with Gasteiger partial charge in [-0.25, -0.2) is 9.98 Å². The molecule has 4 nitrogen and oxygen atoms in total. The Kier molecular flexibility index (Phi) is 3.33.